The van der Waals surface area contributed by atoms with Gasteiger partial charge in [-0.2, -0.15) is 0 Å². The van der Waals surface area contributed by atoms with Crippen molar-refractivity contribution < 1.29 is 9.50 Å². The van der Waals surface area contributed by atoms with E-state index in [1.165, 1.54) is 6.07 Å². The van der Waals surface area contributed by atoms with Crippen LogP contribution in [0.15, 0.2) is 24.3 Å². The Morgan fingerprint density at radius 3 is 2.70 bits per heavy atom. The molecule has 1 saturated heterocycles. The molecule has 0 saturated carbocycles. The molecule has 20 heavy (non-hydrogen) atoms. The highest BCUT2D eigenvalue weighted by Gasteiger charge is 2.22. The second kappa shape index (κ2) is 7.16. The molecule has 3 nitrogen and oxygen atoms in total. The van der Waals surface area contributed by atoms with E-state index in [1.807, 2.05) is 6.92 Å². The number of halogens is 1. The van der Waals surface area contributed by atoms with E-state index in [-0.39, 0.29) is 11.7 Å². The first-order chi connectivity index (χ1) is 9.58. The van der Waals surface area contributed by atoms with Gasteiger partial charge in [0.2, 0.25) is 0 Å². The quantitative estimate of drug-likeness (QED) is 0.915. The molecule has 2 unspecified atom stereocenters. The molecule has 1 aliphatic heterocycles. The maximum Gasteiger partial charge on any atom is 0.129 e. The number of nitrogens with zero attached hydrogens (tertiary/aromatic N) is 2. The van der Waals surface area contributed by atoms with Crippen molar-refractivity contribution in [2.45, 2.75) is 19.4 Å². The molecule has 1 fully saturated rings. The molecule has 4 heteroatoms. The van der Waals surface area contributed by atoms with Gasteiger partial charge in [-0.25, -0.2) is 4.39 Å². The Bertz CT molecular complexity index is 427. The topological polar surface area (TPSA) is 26.7 Å². The fourth-order valence-corrected chi connectivity index (χ4v) is 2.81. The second-order valence-electron chi connectivity index (χ2n) is 5.90. The van der Waals surface area contributed by atoms with Gasteiger partial charge in [-0.3, -0.25) is 0 Å². The highest BCUT2D eigenvalue weighted by Crippen LogP contribution is 2.25. The zero-order valence-electron chi connectivity index (χ0n) is 12.4. The van der Waals surface area contributed by atoms with Crippen molar-refractivity contribution in [2.75, 3.05) is 39.8 Å². The van der Waals surface area contributed by atoms with Crippen molar-refractivity contribution in [3.63, 3.8) is 0 Å². The molecular formula is C16H25FN2O. The number of hydrogen-bond donors (Lipinski definition) is 1. The van der Waals surface area contributed by atoms with Crippen LogP contribution in [0.4, 0.5) is 4.39 Å². The van der Waals surface area contributed by atoms with Crippen molar-refractivity contribution in [1.82, 2.24) is 9.80 Å². The van der Waals surface area contributed by atoms with E-state index in [0.717, 1.165) is 39.1 Å². The number of hydrogen-bond acceptors (Lipinski definition) is 3. The Kier molecular flexibility index (Phi) is 5.52. The number of benzene rings is 1. The number of rotatable bonds is 4. The van der Waals surface area contributed by atoms with Crippen LogP contribution in [0.2, 0.25) is 0 Å². The van der Waals surface area contributed by atoms with Gasteiger partial charge in [-0.15, -0.1) is 0 Å². The van der Waals surface area contributed by atoms with Crippen LogP contribution in [0.3, 0.4) is 0 Å². The van der Waals surface area contributed by atoms with Crippen molar-refractivity contribution in [1.29, 1.82) is 0 Å². The summed E-state index contributed by atoms with van der Waals surface area (Å²) in [5.74, 6) is -0.294. The zero-order valence-corrected chi connectivity index (χ0v) is 12.4. The smallest absolute Gasteiger partial charge is 0.129 e. The van der Waals surface area contributed by atoms with E-state index in [0.29, 0.717) is 5.56 Å². The first kappa shape index (κ1) is 15.4. The lowest BCUT2D eigenvalue weighted by atomic mass is 9.96. The SMILES string of the molecule is CC(CN1CCCN(C)CC1)C(O)c1ccccc1F. The van der Waals surface area contributed by atoms with Crippen LogP contribution in [0.25, 0.3) is 0 Å². The van der Waals surface area contributed by atoms with Crippen LogP contribution in [0.1, 0.15) is 25.0 Å². The molecule has 2 rings (SSSR count). The minimum Gasteiger partial charge on any atom is -0.388 e. The molecule has 112 valence electrons. The maximum atomic E-state index is 13.7. The lowest BCUT2D eigenvalue weighted by molar-refractivity contribution is 0.0863. The van der Waals surface area contributed by atoms with Gasteiger partial charge in [0.1, 0.15) is 5.82 Å². The standard InChI is InChI=1S/C16H25FN2O/c1-13(12-19-9-5-8-18(2)10-11-19)16(20)14-6-3-4-7-15(14)17/h3-4,6-7,13,16,20H,5,8-12H2,1-2H3. The third-order valence-corrected chi connectivity index (χ3v) is 4.12. The summed E-state index contributed by atoms with van der Waals surface area (Å²) >= 11 is 0. The van der Waals surface area contributed by atoms with Crippen LogP contribution in [0, 0.1) is 11.7 Å². The molecule has 0 bridgehead atoms. The lowest BCUT2D eigenvalue weighted by Gasteiger charge is -2.27. The van der Waals surface area contributed by atoms with Crippen LogP contribution < -0.4 is 0 Å². The Hall–Kier alpha value is -0.970. The Morgan fingerprint density at radius 2 is 1.95 bits per heavy atom. The summed E-state index contributed by atoms with van der Waals surface area (Å²) < 4.78 is 13.7. The third-order valence-electron chi connectivity index (χ3n) is 4.12. The molecular weight excluding hydrogens is 255 g/mol. The monoisotopic (exact) mass is 280 g/mol. The third kappa shape index (κ3) is 4.01. The predicted molar refractivity (Wildman–Crippen MR) is 79.1 cm³/mol. The Labute approximate surface area is 121 Å². The van der Waals surface area contributed by atoms with E-state index >= 15 is 0 Å². The van der Waals surface area contributed by atoms with Gasteiger partial charge in [0.05, 0.1) is 6.10 Å². The fraction of sp³-hybridized carbons (Fsp3) is 0.625. The van der Waals surface area contributed by atoms with E-state index in [9.17, 15) is 9.50 Å². The molecule has 0 spiro atoms. The molecule has 0 amide bonds. The molecule has 1 aromatic rings. The highest BCUT2D eigenvalue weighted by molar-refractivity contribution is 5.20. The normalized spacial score (nSPS) is 21.4. The van der Waals surface area contributed by atoms with Gasteiger partial charge in [-0.05, 0) is 38.5 Å². The largest absolute Gasteiger partial charge is 0.388 e. The lowest BCUT2D eigenvalue weighted by Crippen LogP contribution is -2.34. The van der Waals surface area contributed by atoms with E-state index in [1.54, 1.807) is 18.2 Å². The van der Waals surface area contributed by atoms with Crippen LogP contribution in [-0.2, 0) is 0 Å². The number of likely N-dealkylation sites (N-methyl/N-ethyl adjacent to an activating group) is 1. The van der Waals surface area contributed by atoms with Crippen molar-refractivity contribution in [2.24, 2.45) is 5.92 Å². The van der Waals surface area contributed by atoms with Crippen LogP contribution in [-0.4, -0.2) is 54.7 Å². The first-order valence-electron chi connectivity index (χ1n) is 7.41. The fourth-order valence-electron chi connectivity index (χ4n) is 2.81. The van der Waals surface area contributed by atoms with Crippen molar-refractivity contribution in [3.8, 4) is 0 Å². The van der Waals surface area contributed by atoms with Gasteiger partial charge in [0.15, 0.2) is 0 Å². The Morgan fingerprint density at radius 1 is 1.20 bits per heavy atom. The van der Waals surface area contributed by atoms with Gasteiger partial charge < -0.3 is 14.9 Å². The summed E-state index contributed by atoms with van der Waals surface area (Å²) in [5.41, 5.74) is 0.409. The van der Waals surface area contributed by atoms with Crippen LogP contribution in [0.5, 0.6) is 0 Å². The summed E-state index contributed by atoms with van der Waals surface area (Å²) in [6.45, 7) is 7.06. The van der Waals surface area contributed by atoms with Crippen molar-refractivity contribution in [3.05, 3.63) is 35.6 Å². The molecule has 0 aliphatic carbocycles. The number of aliphatic hydroxyl groups excluding tert-OH is 1. The van der Waals surface area contributed by atoms with E-state index in [4.69, 9.17) is 0 Å². The summed E-state index contributed by atoms with van der Waals surface area (Å²) in [6.07, 6.45) is 0.413. The van der Waals surface area contributed by atoms with Crippen LogP contribution >= 0.6 is 0 Å². The number of aliphatic hydroxyl groups is 1. The summed E-state index contributed by atoms with van der Waals surface area (Å²) in [6, 6.07) is 6.51. The molecule has 2 atom stereocenters. The van der Waals surface area contributed by atoms with Gasteiger partial charge in [-0.1, -0.05) is 25.1 Å². The second-order valence-corrected chi connectivity index (χ2v) is 5.90. The summed E-state index contributed by atoms with van der Waals surface area (Å²) in [4.78, 5) is 4.70. The molecule has 1 N–H and O–H groups in total. The van der Waals surface area contributed by atoms with E-state index < -0.39 is 6.10 Å². The summed E-state index contributed by atoms with van der Waals surface area (Å²) in [5, 5.41) is 10.3. The average Bonchev–Trinajstić information content (AvgIpc) is 2.63. The Balaban J connectivity index is 1.94. The van der Waals surface area contributed by atoms with E-state index in [2.05, 4.69) is 16.8 Å². The van der Waals surface area contributed by atoms with Crippen molar-refractivity contribution >= 4 is 0 Å². The molecule has 0 aromatic heterocycles. The van der Waals surface area contributed by atoms with Gasteiger partial charge >= 0.3 is 0 Å². The first-order valence-corrected chi connectivity index (χ1v) is 7.41. The minimum atomic E-state index is -0.739. The van der Waals surface area contributed by atoms with Gasteiger partial charge in [0, 0.05) is 25.2 Å². The molecule has 1 aliphatic rings. The highest BCUT2D eigenvalue weighted by atomic mass is 19.1. The zero-order chi connectivity index (χ0) is 14.5. The summed E-state index contributed by atoms with van der Waals surface area (Å²) in [7, 11) is 2.14. The minimum absolute atomic E-state index is 0.0234. The molecule has 1 heterocycles. The average molecular weight is 280 g/mol. The predicted octanol–water partition coefficient (Wildman–Crippen LogP) is 2.13. The van der Waals surface area contributed by atoms with Gasteiger partial charge in [0.25, 0.3) is 0 Å². The molecule has 1 aromatic carbocycles. The maximum absolute atomic E-state index is 13.7. The molecule has 0 radical (unpaired) electrons.